The number of carbonyl (C=O) groups excluding carboxylic acids is 1. The second kappa shape index (κ2) is 12.2. The average molecular weight is 522 g/mol. The van der Waals surface area contributed by atoms with Gasteiger partial charge in [-0.2, -0.15) is 13.2 Å². The van der Waals surface area contributed by atoms with Crippen LogP contribution in [0.4, 0.5) is 28.9 Å². The molecule has 37 heavy (non-hydrogen) atoms. The fourth-order valence-corrected chi connectivity index (χ4v) is 4.78. The van der Waals surface area contributed by atoms with E-state index in [0.29, 0.717) is 17.6 Å². The Labute approximate surface area is 213 Å². The highest BCUT2D eigenvalue weighted by Crippen LogP contribution is 2.31. The molecule has 2 saturated heterocycles. The molecular formula is C27H31F4N3O3. The van der Waals surface area contributed by atoms with Gasteiger partial charge in [0.2, 0.25) is 5.91 Å². The zero-order chi connectivity index (χ0) is 27.2. The number of anilines is 2. The van der Waals surface area contributed by atoms with Gasteiger partial charge in [-0.25, -0.2) is 9.18 Å². The Hall–Kier alpha value is -3.40. The van der Waals surface area contributed by atoms with Gasteiger partial charge < -0.3 is 15.3 Å². The lowest BCUT2D eigenvalue weighted by atomic mass is 10.1. The zero-order valence-corrected chi connectivity index (χ0v) is 20.8. The number of alkyl halides is 3. The Morgan fingerprint density at radius 2 is 1.84 bits per heavy atom. The molecule has 200 valence electrons. The first-order valence-corrected chi connectivity index (χ1v) is 12.1. The number of nitrogens with one attached hydrogen (secondary N) is 1. The molecule has 0 saturated carbocycles. The van der Waals surface area contributed by atoms with E-state index < -0.39 is 12.1 Å². The van der Waals surface area contributed by atoms with Crippen LogP contribution < -0.4 is 10.2 Å². The molecular weight excluding hydrogens is 490 g/mol. The lowest BCUT2D eigenvalue weighted by Crippen LogP contribution is -2.39. The Balaban J connectivity index is 0.000000479. The standard InChI is InChI=1S/C25H30FN3O.C2HF3O2/c1-18-15-22(27-25(30)11-8-20-6-3-7-21(26)16-20)9-10-24(18)28-14-12-23(17-28)29-13-4-5-19(29)2;3-2(4,5)1(6)7/h3,6-11,15-16,19,23H,4-5,12-14,17H2,1-2H3,(H,27,30);(H,6,7)/b11-8+;. The number of carboxylic acid groups (broad SMARTS) is 1. The van der Waals surface area contributed by atoms with E-state index in [1.54, 1.807) is 18.2 Å². The van der Waals surface area contributed by atoms with E-state index in [4.69, 9.17) is 9.90 Å². The number of aryl methyl sites for hydroxylation is 1. The number of benzene rings is 2. The molecule has 2 N–H and O–H groups in total. The molecule has 2 aromatic rings. The third-order valence-corrected chi connectivity index (χ3v) is 6.56. The Morgan fingerprint density at radius 1 is 1.11 bits per heavy atom. The summed E-state index contributed by atoms with van der Waals surface area (Å²) in [5.74, 6) is -3.30. The minimum absolute atomic E-state index is 0.226. The van der Waals surface area contributed by atoms with Crippen LogP contribution in [0.2, 0.25) is 0 Å². The summed E-state index contributed by atoms with van der Waals surface area (Å²) >= 11 is 0. The molecule has 0 radical (unpaired) electrons. The number of aliphatic carboxylic acids is 1. The molecule has 4 rings (SSSR count). The van der Waals surface area contributed by atoms with E-state index in [-0.39, 0.29) is 11.7 Å². The maximum absolute atomic E-state index is 13.2. The van der Waals surface area contributed by atoms with Crippen LogP contribution in [-0.4, -0.2) is 59.8 Å². The predicted molar refractivity (Wildman–Crippen MR) is 135 cm³/mol. The number of amides is 1. The number of halogens is 4. The van der Waals surface area contributed by atoms with Crippen molar-refractivity contribution in [3.05, 3.63) is 65.5 Å². The molecule has 2 aliphatic rings. The van der Waals surface area contributed by atoms with Gasteiger partial charge in [0, 0.05) is 42.6 Å². The number of carboxylic acids is 1. The van der Waals surface area contributed by atoms with E-state index in [1.165, 1.54) is 49.7 Å². The number of hydrogen-bond donors (Lipinski definition) is 2. The Kier molecular flexibility index (Phi) is 9.31. The van der Waals surface area contributed by atoms with Crippen LogP contribution in [-0.2, 0) is 9.59 Å². The summed E-state index contributed by atoms with van der Waals surface area (Å²) in [6.07, 6.45) is 1.81. The SMILES string of the molecule is Cc1cc(NC(=O)/C=C/c2cccc(F)c2)ccc1N1CCC(N2CCCC2C)C1.O=C(O)C(F)(F)F. The van der Waals surface area contributed by atoms with E-state index >= 15 is 0 Å². The van der Waals surface area contributed by atoms with Crippen molar-refractivity contribution in [3.63, 3.8) is 0 Å². The third-order valence-electron chi connectivity index (χ3n) is 6.56. The van der Waals surface area contributed by atoms with Gasteiger partial charge in [0.15, 0.2) is 0 Å². The first-order chi connectivity index (χ1) is 17.4. The third kappa shape index (κ3) is 8.04. The second-order valence-corrected chi connectivity index (χ2v) is 9.30. The van der Waals surface area contributed by atoms with Gasteiger partial charge in [-0.05, 0) is 87.2 Å². The van der Waals surface area contributed by atoms with Crippen LogP contribution in [0.3, 0.4) is 0 Å². The Morgan fingerprint density at radius 3 is 2.43 bits per heavy atom. The van der Waals surface area contributed by atoms with Crippen LogP contribution in [0.1, 0.15) is 37.3 Å². The first kappa shape index (κ1) is 28.2. The van der Waals surface area contributed by atoms with E-state index in [1.807, 2.05) is 12.1 Å². The summed E-state index contributed by atoms with van der Waals surface area (Å²) < 4.78 is 45.0. The summed E-state index contributed by atoms with van der Waals surface area (Å²) in [6.45, 7) is 7.83. The fraction of sp³-hybridized carbons (Fsp3) is 0.407. The summed E-state index contributed by atoms with van der Waals surface area (Å²) in [6, 6.07) is 13.6. The van der Waals surface area contributed by atoms with Crippen molar-refractivity contribution in [1.82, 2.24) is 4.90 Å². The van der Waals surface area contributed by atoms with E-state index in [9.17, 15) is 22.4 Å². The van der Waals surface area contributed by atoms with Crippen molar-refractivity contribution in [2.75, 3.05) is 29.9 Å². The monoisotopic (exact) mass is 521 g/mol. The minimum Gasteiger partial charge on any atom is -0.475 e. The molecule has 2 fully saturated rings. The highest BCUT2D eigenvalue weighted by Gasteiger charge is 2.38. The van der Waals surface area contributed by atoms with Gasteiger partial charge in [-0.1, -0.05) is 12.1 Å². The molecule has 2 aromatic carbocycles. The molecule has 2 unspecified atom stereocenters. The lowest BCUT2D eigenvalue weighted by molar-refractivity contribution is -0.192. The van der Waals surface area contributed by atoms with Crippen molar-refractivity contribution in [2.24, 2.45) is 0 Å². The molecule has 0 aromatic heterocycles. The Bertz CT molecular complexity index is 1140. The number of carbonyl (C=O) groups is 2. The molecule has 6 nitrogen and oxygen atoms in total. The maximum atomic E-state index is 13.2. The smallest absolute Gasteiger partial charge is 0.475 e. The largest absolute Gasteiger partial charge is 0.490 e. The van der Waals surface area contributed by atoms with Gasteiger partial charge in [0.1, 0.15) is 5.82 Å². The average Bonchev–Trinajstić information content (AvgIpc) is 3.46. The van der Waals surface area contributed by atoms with Crippen LogP contribution in [0.25, 0.3) is 6.08 Å². The van der Waals surface area contributed by atoms with Crippen LogP contribution in [0, 0.1) is 12.7 Å². The van der Waals surface area contributed by atoms with Crippen LogP contribution >= 0.6 is 0 Å². The van der Waals surface area contributed by atoms with E-state index in [2.05, 4.69) is 35.0 Å². The van der Waals surface area contributed by atoms with E-state index in [0.717, 1.165) is 24.3 Å². The first-order valence-electron chi connectivity index (χ1n) is 12.1. The number of hydrogen-bond acceptors (Lipinski definition) is 4. The highest BCUT2D eigenvalue weighted by atomic mass is 19.4. The van der Waals surface area contributed by atoms with Gasteiger partial charge in [-0.15, -0.1) is 0 Å². The van der Waals surface area contributed by atoms with Crippen LogP contribution in [0.5, 0.6) is 0 Å². The molecule has 2 heterocycles. The van der Waals surface area contributed by atoms with Crippen LogP contribution in [0.15, 0.2) is 48.5 Å². The highest BCUT2D eigenvalue weighted by molar-refractivity contribution is 6.02. The quantitative estimate of drug-likeness (QED) is 0.403. The number of rotatable bonds is 5. The van der Waals surface area contributed by atoms with Crippen molar-refractivity contribution in [1.29, 1.82) is 0 Å². The van der Waals surface area contributed by atoms with Gasteiger partial charge in [0.25, 0.3) is 0 Å². The molecule has 0 spiro atoms. The molecule has 0 bridgehead atoms. The maximum Gasteiger partial charge on any atom is 0.490 e. The minimum atomic E-state index is -5.08. The molecule has 10 heteroatoms. The summed E-state index contributed by atoms with van der Waals surface area (Å²) in [4.78, 5) is 26.3. The number of likely N-dealkylation sites (tertiary alicyclic amines) is 1. The summed E-state index contributed by atoms with van der Waals surface area (Å²) in [5, 5.41) is 10.0. The number of nitrogens with zero attached hydrogens (tertiary/aromatic N) is 2. The zero-order valence-electron chi connectivity index (χ0n) is 20.8. The molecule has 0 aliphatic carbocycles. The van der Waals surface area contributed by atoms with Gasteiger partial charge in [0.05, 0.1) is 0 Å². The topological polar surface area (TPSA) is 72.9 Å². The fourth-order valence-electron chi connectivity index (χ4n) is 4.78. The second-order valence-electron chi connectivity index (χ2n) is 9.30. The molecule has 1 amide bonds. The van der Waals surface area contributed by atoms with Crippen molar-refractivity contribution in [3.8, 4) is 0 Å². The summed E-state index contributed by atoms with van der Waals surface area (Å²) in [7, 11) is 0. The molecule has 2 aliphatic heterocycles. The summed E-state index contributed by atoms with van der Waals surface area (Å²) in [5.41, 5.74) is 3.84. The predicted octanol–water partition coefficient (Wildman–Crippen LogP) is 5.48. The van der Waals surface area contributed by atoms with Crippen molar-refractivity contribution in [2.45, 2.75) is 51.4 Å². The molecule has 2 atom stereocenters. The van der Waals surface area contributed by atoms with Gasteiger partial charge >= 0.3 is 12.1 Å². The van der Waals surface area contributed by atoms with Gasteiger partial charge in [-0.3, -0.25) is 9.69 Å². The lowest BCUT2D eigenvalue weighted by Gasteiger charge is -2.29. The normalized spacial score (nSPS) is 20.1. The van der Waals surface area contributed by atoms with Crippen molar-refractivity contribution < 1.29 is 32.3 Å². The van der Waals surface area contributed by atoms with Crippen molar-refractivity contribution >= 4 is 29.3 Å².